The van der Waals surface area contributed by atoms with Crippen LogP contribution in [0.25, 0.3) is 0 Å². The van der Waals surface area contributed by atoms with Gasteiger partial charge in [-0.05, 0) is 49.9 Å². The molecule has 0 unspecified atom stereocenters. The first-order valence-electron chi connectivity index (χ1n) is 9.58. The molecule has 0 radical (unpaired) electrons. The van der Waals surface area contributed by atoms with Crippen LogP contribution < -0.4 is 14.8 Å². The first-order chi connectivity index (χ1) is 13.6. The minimum Gasteiger partial charge on any atom is -0.497 e. The maximum absolute atomic E-state index is 12.8. The molecule has 1 saturated carbocycles. The summed E-state index contributed by atoms with van der Waals surface area (Å²) in [6.07, 6.45) is 3.49. The molecule has 1 aliphatic heterocycles. The Hall–Kier alpha value is -3.02. The smallest absolute Gasteiger partial charge is 0.261 e. The fourth-order valence-electron chi connectivity index (χ4n) is 4.21. The Bertz CT molecular complexity index is 876. The number of carbonyl (C=O) groups is 2. The summed E-state index contributed by atoms with van der Waals surface area (Å²) in [4.78, 5) is 27.0. The van der Waals surface area contributed by atoms with Gasteiger partial charge in [0.1, 0.15) is 11.5 Å². The second kappa shape index (κ2) is 7.54. The van der Waals surface area contributed by atoms with Crippen molar-refractivity contribution in [2.45, 2.75) is 37.8 Å². The van der Waals surface area contributed by atoms with Gasteiger partial charge < -0.3 is 14.8 Å². The van der Waals surface area contributed by atoms with Gasteiger partial charge in [0, 0.05) is 18.2 Å². The monoisotopic (exact) mass is 380 g/mol. The van der Waals surface area contributed by atoms with Gasteiger partial charge in [0.2, 0.25) is 0 Å². The predicted octanol–water partition coefficient (Wildman–Crippen LogP) is 3.72. The molecule has 4 rings (SSSR count). The van der Waals surface area contributed by atoms with E-state index in [4.69, 9.17) is 9.47 Å². The molecule has 0 saturated heterocycles. The van der Waals surface area contributed by atoms with E-state index < -0.39 is 0 Å². The SMILES string of the molecule is COc1ccc(N[C@@H]2CCC[C@H](N3C(=O)c4ccccc4C3=O)C2)c(OC)c1. The maximum Gasteiger partial charge on any atom is 0.261 e. The fourth-order valence-corrected chi connectivity index (χ4v) is 4.21. The lowest BCUT2D eigenvalue weighted by Gasteiger charge is -2.35. The van der Waals surface area contributed by atoms with Crippen molar-refractivity contribution in [1.82, 2.24) is 4.90 Å². The van der Waals surface area contributed by atoms with E-state index in [1.54, 1.807) is 38.5 Å². The highest BCUT2D eigenvalue weighted by Crippen LogP contribution is 2.34. The summed E-state index contributed by atoms with van der Waals surface area (Å²) >= 11 is 0. The third kappa shape index (κ3) is 3.19. The van der Waals surface area contributed by atoms with Crippen molar-refractivity contribution in [2.24, 2.45) is 0 Å². The molecular weight excluding hydrogens is 356 g/mol. The molecule has 2 aromatic rings. The Morgan fingerprint density at radius 2 is 1.68 bits per heavy atom. The molecule has 0 aromatic heterocycles. The van der Waals surface area contributed by atoms with Gasteiger partial charge in [-0.2, -0.15) is 0 Å². The Morgan fingerprint density at radius 3 is 2.32 bits per heavy atom. The molecule has 6 nitrogen and oxygen atoms in total. The number of nitrogens with one attached hydrogen (secondary N) is 1. The lowest BCUT2D eigenvalue weighted by molar-refractivity contribution is 0.0544. The fraction of sp³-hybridized carbons (Fsp3) is 0.364. The Balaban J connectivity index is 1.50. The van der Waals surface area contributed by atoms with E-state index in [2.05, 4.69) is 5.32 Å². The van der Waals surface area contributed by atoms with E-state index in [-0.39, 0.29) is 23.9 Å². The summed E-state index contributed by atoms with van der Waals surface area (Å²) in [6.45, 7) is 0. The van der Waals surface area contributed by atoms with Crippen molar-refractivity contribution in [3.8, 4) is 11.5 Å². The van der Waals surface area contributed by atoms with E-state index in [0.29, 0.717) is 16.9 Å². The second-order valence-electron chi connectivity index (χ2n) is 7.25. The number of hydrogen-bond donors (Lipinski definition) is 1. The van der Waals surface area contributed by atoms with E-state index >= 15 is 0 Å². The van der Waals surface area contributed by atoms with Crippen LogP contribution in [0.15, 0.2) is 42.5 Å². The lowest BCUT2D eigenvalue weighted by Crippen LogP contribution is -2.45. The highest BCUT2D eigenvalue weighted by molar-refractivity contribution is 6.21. The van der Waals surface area contributed by atoms with Crippen LogP contribution in [0.1, 0.15) is 46.4 Å². The standard InChI is InChI=1S/C22H24N2O4/c1-27-16-10-11-19(20(13-16)28-2)23-14-6-5-7-15(12-14)24-21(25)17-8-3-4-9-18(17)22(24)26/h3-4,8-11,13-15,23H,5-7,12H2,1-2H3/t14-,15+/m1/s1. The molecular formula is C22H24N2O4. The second-order valence-corrected chi connectivity index (χ2v) is 7.25. The summed E-state index contributed by atoms with van der Waals surface area (Å²) < 4.78 is 10.7. The van der Waals surface area contributed by atoms with Crippen molar-refractivity contribution < 1.29 is 19.1 Å². The van der Waals surface area contributed by atoms with Crippen molar-refractivity contribution in [1.29, 1.82) is 0 Å². The molecule has 1 heterocycles. The molecule has 28 heavy (non-hydrogen) atoms. The van der Waals surface area contributed by atoms with Gasteiger partial charge in [-0.25, -0.2) is 0 Å². The molecule has 2 aliphatic rings. The summed E-state index contributed by atoms with van der Waals surface area (Å²) in [5.41, 5.74) is 1.91. The zero-order chi connectivity index (χ0) is 19.7. The Labute approximate surface area is 164 Å². The van der Waals surface area contributed by atoms with Crippen molar-refractivity contribution in [3.63, 3.8) is 0 Å². The minimum absolute atomic E-state index is 0.0945. The number of carbonyl (C=O) groups excluding carboxylic acids is 2. The van der Waals surface area contributed by atoms with E-state index in [1.807, 2.05) is 18.2 Å². The number of benzene rings is 2. The first kappa shape index (κ1) is 18.3. The number of ether oxygens (including phenoxy) is 2. The van der Waals surface area contributed by atoms with Crippen LogP contribution in [-0.4, -0.2) is 43.0 Å². The predicted molar refractivity (Wildman–Crippen MR) is 106 cm³/mol. The van der Waals surface area contributed by atoms with E-state index in [0.717, 1.165) is 37.1 Å². The molecule has 2 aromatic carbocycles. The molecule has 2 atom stereocenters. The van der Waals surface area contributed by atoms with Gasteiger partial charge in [-0.15, -0.1) is 0 Å². The molecule has 1 N–H and O–H groups in total. The molecule has 1 aliphatic carbocycles. The van der Waals surface area contributed by atoms with Gasteiger partial charge >= 0.3 is 0 Å². The van der Waals surface area contributed by atoms with Crippen LogP contribution in [0.3, 0.4) is 0 Å². The number of amides is 2. The third-order valence-corrected chi connectivity index (χ3v) is 5.61. The number of hydrogen-bond acceptors (Lipinski definition) is 5. The third-order valence-electron chi connectivity index (χ3n) is 5.61. The molecule has 6 heteroatoms. The van der Waals surface area contributed by atoms with Gasteiger partial charge in [0.15, 0.2) is 0 Å². The number of nitrogens with zero attached hydrogens (tertiary/aromatic N) is 1. The zero-order valence-corrected chi connectivity index (χ0v) is 16.1. The normalized spacial score (nSPS) is 21.4. The first-order valence-corrected chi connectivity index (χ1v) is 9.58. The van der Waals surface area contributed by atoms with Gasteiger partial charge in [-0.1, -0.05) is 12.1 Å². The van der Waals surface area contributed by atoms with Gasteiger partial charge in [0.25, 0.3) is 11.8 Å². The zero-order valence-electron chi connectivity index (χ0n) is 16.1. The number of fused-ring (bicyclic) bond motifs is 1. The average molecular weight is 380 g/mol. The van der Waals surface area contributed by atoms with Crippen molar-refractivity contribution >= 4 is 17.5 Å². The van der Waals surface area contributed by atoms with Crippen LogP contribution in [-0.2, 0) is 0 Å². The number of imide groups is 1. The molecule has 0 bridgehead atoms. The minimum atomic E-state index is -0.173. The summed E-state index contributed by atoms with van der Waals surface area (Å²) in [7, 11) is 3.25. The van der Waals surface area contributed by atoms with E-state index in [9.17, 15) is 9.59 Å². The number of rotatable bonds is 5. The van der Waals surface area contributed by atoms with Crippen LogP contribution in [0, 0.1) is 0 Å². The molecule has 2 amide bonds. The topological polar surface area (TPSA) is 67.9 Å². The van der Waals surface area contributed by atoms with Gasteiger partial charge in [0.05, 0.1) is 31.0 Å². The van der Waals surface area contributed by atoms with Gasteiger partial charge in [-0.3, -0.25) is 14.5 Å². The number of methoxy groups -OCH3 is 2. The van der Waals surface area contributed by atoms with Crippen LogP contribution >= 0.6 is 0 Å². The van der Waals surface area contributed by atoms with Crippen molar-refractivity contribution in [3.05, 3.63) is 53.6 Å². The quantitative estimate of drug-likeness (QED) is 0.801. The maximum atomic E-state index is 12.8. The number of anilines is 1. The van der Waals surface area contributed by atoms with Crippen LogP contribution in [0.5, 0.6) is 11.5 Å². The van der Waals surface area contributed by atoms with Crippen LogP contribution in [0.4, 0.5) is 5.69 Å². The van der Waals surface area contributed by atoms with Crippen LogP contribution in [0.2, 0.25) is 0 Å². The average Bonchev–Trinajstić information content (AvgIpc) is 2.99. The largest absolute Gasteiger partial charge is 0.497 e. The Kier molecular flexibility index (Phi) is 4.94. The summed E-state index contributed by atoms with van der Waals surface area (Å²) in [6, 6.07) is 12.8. The lowest BCUT2D eigenvalue weighted by atomic mass is 9.89. The molecule has 1 fully saturated rings. The highest BCUT2D eigenvalue weighted by Gasteiger charge is 2.41. The Morgan fingerprint density at radius 1 is 0.964 bits per heavy atom. The molecule has 146 valence electrons. The summed E-state index contributed by atoms with van der Waals surface area (Å²) in [5, 5.41) is 3.53. The summed E-state index contributed by atoms with van der Waals surface area (Å²) in [5.74, 6) is 1.10. The van der Waals surface area contributed by atoms with Crippen molar-refractivity contribution in [2.75, 3.05) is 19.5 Å². The highest BCUT2D eigenvalue weighted by atomic mass is 16.5. The molecule has 0 spiro atoms. The van der Waals surface area contributed by atoms with E-state index in [1.165, 1.54) is 4.90 Å².